The fourth-order valence-electron chi connectivity index (χ4n) is 1.52. The van der Waals surface area contributed by atoms with Gasteiger partial charge in [0.2, 0.25) is 0 Å². The Morgan fingerprint density at radius 3 is 2.50 bits per heavy atom. The van der Waals surface area contributed by atoms with Crippen molar-refractivity contribution in [3.8, 4) is 0 Å². The minimum absolute atomic E-state index is 0.162. The normalized spacial score (nSPS) is 11.8. The predicted molar refractivity (Wildman–Crippen MR) is 69.7 cm³/mol. The molecular formula is C14H22FNO2. The number of ether oxygens (including phenoxy) is 2. The average molecular weight is 255 g/mol. The highest BCUT2D eigenvalue weighted by atomic mass is 19.1. The van der Waals surface area contributed by atoms with Gasteiger partial charge in [-0.2, -0.15) is 0 Å². The van der Waals surface area contributed by atoms with Crippen LogP contribution in [-0.4, -0.2) is 18.8 Å². The Labute approximate surface area is 108 Å². The Bertz CT molecular complexity index is 375. The van der Waals surface area contributed by atoms with Crippen LogP contribution < -0.4 is 5.73 Å². The molecular weight excluding hydrogens is 233 g/mol. The van der Waals surface area contributed by atoms with Crippen molar-refractivity contribution in [2.24, 2.45) is 5.73 Å². The van der Waals surface area contributed by atoms with E-state index in [0.29, 0.717) is 26.4 Å². The van der Waals surface area contributed by atoms with E-state index in [-0.39, 0.29) is 11.4 Å². The smallest absolute Gasteiger partial charge is 0.123 e. The summed E-state index contributed by atoms with van der Waals surface area (Å²) >= 11 is 0. The van der Waals surface area contributed by atoms with Crippen LogP contribution in [0.2, 0.25) is 0 Å². The van der Waals surface area contributed by atoms with Crippen molar-refractivity contribution in [1.29, 1.82) is 0 Å². The quantitative estimate of drug-likeness (QED) is 0.795. The summed E-state index contributed by atoms with van der Waals surface area (Å²) in [5.74, 6) is -0.267. The first-order chi connectivity index (χ1) is 8.42. The maximum absolute atomic E-state index is 13.1. The summed E-state index contributed by atoms with van der Waals surface area (Å²) in [4.78, 5) is 0. The molecule has 0 radical (unpaired) electrons. The molecule has 3 nitrogen and oxygen atoms in total. The van der Waals surface area contributed by atoms with Gasteiger partial charge in [0.1, 0.15) is 5.82 Å². The van der Waals surface area contributed by atoms with Crippen molar-refractivity contribution < 1.29 is 13.9 Å². The molecule has 0 aromatic heterocycles. The van der Waals surface area contributed by atoms with E-state index in [9.17, 15) is 4.39 Å². The molecule has 18 heavy (non-hydrogen) atoms. The van der Waals surface area contributed by atoms with E-state index in [2.05, 4.69) is 0 Å². The molecule has 0 bridgehead atoms. The molecule has 0 spiro atoms. The van der Waals surface area contributed by atoms with Crippen LogP contribution in [0.5, 0.6) is 0 Å². The lowest BCUT2D eigenvalue weighted by Gasteiger charge is -2.19. The van der Waals surface area contributed by atoms with Gasteiger partial charge in [0.05, 0.1) is 25.4 Å². The van der Waals surface area contributed by atoms with Gasteiger partial charge in [-0.3, -0.25) is 0 Å². The molecule has 0 fully saturated rings. The Hall–Kier alpha value is -0.970. The van der Waals surface area contributed by atoms with Gasteiger partial charge in [-0.25, -0.2) is 4.39 Å². The van der Waals surface area contributed by atoms with Gasteiger partial charge in [-0.1, -0.05) is 6.07 Å². The Morgan fingerprint density at radius 1 is 1.17 bits per heavy atom. The molecule has 0 aliphatic rings. The number of hydrogen-bond acceptors (Lipinski definition) is 3. The van der Waals surface area contributed by atoms with Crippen molar-refractivity contribution in [3.05, 3.63) is 35.1 Å². The molecule has 0 amide bonds. The van der Waals surface area contributed by atoms with Crippen molar-refractivity contribution in [1.82, 2.24) is 0 Å². The summed E-state index contributed by atoms with van der Waals surface area (Å²) in [7, 11) is 0. The molecule has 0 heterocycles. The highest BCUT2D eigenvalue weighted by Crippen LogP contribution is 2.12. The highest BCUT2D eigenvalue weighted by molar-refractivity contribution is 5.27. The van der Waals surface area contributed by atoms with Crippen LogP contribution in [0.25, 0.3) is 0 Å². The van der Waals surface area contributed by atoms with Gasteiger partial charge in [-0.05, 0) is 44.0 Å². The van der Waals surface area contributed by atoms with Gasteiger partial charge in [0.15, 0.2) is 0 Å². The van der Waals surface area contributed by atoms with Crippen molar-refractivity contribution in [2.45, 2.75) is 39.5 Å². The van der Waals surface area contributed by atoms with E-state index in [1.807, 2.05) is 20.8 Å². The average Bonchev–Trinajstić information content (AvgIpc) is 2.27. The van der Waals surface area contributed by atoms with Crippen LogP contribution in [0.1, 0.15) is 31.9 Å². The summed E-state index contributed by atoms with van der Waals surface area (Å²) < 4.78 is 24.1. The minimum Gasteiger partial charge on any atom is -0.374 e. The van der Waals surface area contributed by atoms with Crippen molar-refractivity contribution in [3.63, 3.8) is 0 Å². The van der Waals surface area contributed by atoms with E-state index >= 15 is 0 Å². The topological polar surface area (TPSA) is 44.5 Å². The van der Waals surface area contributed by atoms with E-state index in [1.165, 1.54) is 12.1 Å². The lowest BCUT2D eigenvalue weighted by Crippen LogP contribution is -2.21. The summed E-state index contributed by atoms with van der Waals surface area (Å²) in [5, 5.41) is 0. The molecule has 102 valence electrons. The summed E-state index contributed by atoms with van der Waals surface area (Å²) in [6.45, 7) is 7.73. The molecule has 0 saturated carbocycles. The van der Waals surface area contributed by atoms with Crippen LogP contribution in [0, 0.1) is 5.82 Å². The van der Waals surface area contributed by atoms with E-state index in [0.717, 1.165) is 11.1 Å². The largest absolute Gasteiger partial charge is 0.374 e. The highest BCUT2D eigenvalue weighted by Gasteiger charge is 2.09. The third-order valence-electron chi connectivity index (χ3n) is 2.41. The molecule has 0 atom stereocenters. The van der Waals surface area contributed by atoms with Crippen molar-refractivity contribution >= 4 is 0 Å². The van der Waals surface area contributed by atoms with Crippen molar-refractivity contribution in [2.75, 3.05) is 13.2 Å². The first-order valence-electron chi connectivity index (χ1n) is 6.11. The monoisotopic (exact) mass is 255 g/mol. The summed E-state index contributed by atoms with van der Waals surface area (Å²) in [5.41, 5.74) is 7.13. The number of hydrogen-bond donors (Lipinski definition) is 1. The zero-order valence-corrected chi connectivity index (χ0v) is 11.3. The zero-order chi connectivity index (χ0) is 13.6. The predicted octanol–water partition coefficient (Wildman–Crippen LogP) is 2.62. The molecule has 1 aromatic carbocycles. The van der Waals surface area contributed by atoms with Gasteiger partial charge in [0, 0.05) is 6.54 Å². The molecule has 2 N–H and O–H groups in total. The standard InChI is InChI=1S/C14H22FNO2/c1-14(2,3)18-7-6-17-10-12-8-13(15)5-4-11(12)9-16/h4-5,8H,6-7,9-10,16H2,1-3H3. The zero-order valence-electron chi connectivity index (χ0n) is 11.3. The number of halogens is 1. The van der Waals surface area contributed by atoms with E-state index in [4.69, 9.17) is 15.2 Å². The Balaban J connectivity index is 2.37. The van der Waals surface area contributed by atoms with Gasteiger partial charge < -0.3 is 15.2 Å². The number of rotatable bonds is 6. The Morgan fingerprint density at radius 2 is 1.89 bits per heavy atom. The Kier molecular flexibility index (Phi) is 5.72. The van der Waals surface area contributed by atoms with Gasteiger partial charge >= 0.3 is 0 Å². The second-order valence-corrected chi connectivity index (χ2v) is 5.13. The third kappa shape index (κ3) is 5.58. The van der Waals surface area contributed by atoms with Crippen LogP contribution in [-0.2, 0) is 22.6 Å². The third-order valence-corrected chi connectivity index (χ3v) is 2.41. The fourth-order valence-corrected chi connectivity index (χ4v) is 1.52. The van der Waals surface area contributed by atoms with Gasteiger partial charge in [-0.15, -0.1) is 0 Å². The lowest BCUT2D eigenvalue weighted by molar-refractivity contribution is -0.0377. The van der Waals surface area contributed by atoms with Crippen LogP contribution >= 0.6 is 0 Å². The first-order valence-corrected chi connectivity index (χ1v) is 6.11. The molecule has 1 aromatic rings. The van der Waals surface area contributed by atoms with E-state index < -0.39 is 0 Å². The second kappa shape index (κ2) is 6.83. The summed E-state index contributed by atoms with van der Waals surface area (Å²) in [6.07, 6.45) is 0. The maximum atomic E-state index is 13.1. The van der Waals surface area contributed by atoms with E-state index in [1.54, 1.807) is 6.07 Å². The molecule has 1 rings (SSSR count). The number of nitrogens with two attached hydrogens (primary N) is 1. The SMILES string of the molecule is CC(C)(C)OCCOCc1cc(F)ccc1CN. The minimum atomic E-state index is -0.267. The lowest BCUT2D eigenvalue weighted by atomic mass is 10.1. The molecule has 0 unspecified atom stereocenters. The van der Waals surface area contributed by atoms with Crippen LogP contribution in [0.15, 0.2) is 18.2 Å². The number of benzene rings is 1. The fraction of sp³-hybridized carbons (Fsp3) is 0.571. The maximum Gasteiger partial charge on any atom is 0.123 e. The molecule has 0 saturated heterocycles. The molecule has 4 heteroatoms. The first kappa shape index (κ1) is 15.1. The van der Waals surface area contributed by atoms with Crippen LogP contribution in [0.3, 0.4) is 0 Å². The molecule has 0 aliphatic carbocycles. The second-order valence-electron chi connectivity index (χ2n) is 5.13. The summed E-state index contributed by atoms with van der Waals surface area (Å²) in [6, 6.07) is 4.57. The molecule has 0 aliphatic heterocycles. The van der Waals surface area contributed by atoms with Gasteiger partial charge in [0.25, 0.3) is 0 Å². The van der Waals surface area contributed by atoms with Crippen LogP contribution in [0.4, 0.5) is 4.39 Å².